The Balaban J connectivity index is 2.38. The third-order valence-corrected chi connectivity index (χ3v) is 3.66. The molecule has 0 bridgehead atoms. The quantitative estimate of drug-likeness (QED) is 0.892. The molecule has 0 spiro atoms. The largest absolute Gasteiger partial charge is 0.384 e. The number of aliphatic hydroxyl groups is 1. The highest BCUT2D eigenvalue weighted by molar-refractivity contribution is 6.31. The highest BCUT2D eigenvalue weighted by atomic mass is 35.5. The molecule has 6 heteroatoms. The summed E-state index contributed by atoms with van der Waals surface area (Å²) in [6.45, 7) is 5.35. The second-order valence-corrected chi connectivity index (χ2v) is 6.64. The van der Waals surface area contributed by atoms with Crippen LogP contribution in [0.15, 0.2) is 36.7 Å². The molecule has 0 aliphatic rings. The van der Waals surface area contributed by atoms with Gasteiger partial charge in [0, 0.05) is 27.8 Å². The fourth-order valence-corrected chi connectivity index (χ4v) is 2.22. The molecule has 0 fully saturated rings. The lowest BCUT2D eigenvalue weighted by atomic mass is 9.95. The van der Waals surface area contributed by atoms with E-state index in [9.17, 15) is 14.3 Å². The Morgan fingerprint density at radius 1 is 1.30 bits per heavy atom. The topological polar surface area (TPSA) is 62.2 Å². The van der Waals surface area contributed by atoms with Crippen LogP contribution < -0.4 is 5.32 Å². The van der Waals surface area contributed by atoms with Crippen LogP contribution in [-0.4, -0.2) is 16.0 Å². The molecule has 1 heterocycles. The van der Waals surface area contributed by atoms with Gasteiger partial charge in [-0.15, -0.1) is 0 Å². The molecule has 1 unspecified atom stereocenters. The van der Waals surface area contributed by atoms with Gasteiger partial charge in [-0.3, -0.25) is 9.78 Å². The van der Waals surface area contributed by atoms with E-state index in [2.05, 4.69) is 10.3 Å². The molecule has 1 atom stereocenters. The Hall–Kier alpha value is -1.98. The van der Waals surface area contributed by atoms with Crippen molar-refractivity contribution in [2.45, 2.75) is 26.9 Å². The number of benzene rings is 1. The minimum atomic E-state index is -1.11. The van der Waals surface area contributed by atoms with Crippen molar-refractivity contribution in [1.29, 1.82) is 0 Å². The van der Waals surface area contributed by atoms with Crippen molar-refractivity contribution in [3.05, 3.63) is 58.6 Å². The number of amides is 1. The van der Waals surface area contributed by atoms with Gasteiger partial charge >= 0.3 is 0 Å². The number of aliphatic hydroxyl groups excluding tert-OH is 1. The first kappa shape index (κ1) is 17.4. The van der Waals surface area contributed by atoms with Gasteiger partial charge in [0.1, 0.15) is 11.9 Å². The van der Waals surface area contributed by atoms with Gasteiger partial charge in [0.25, 0.3) is 0 Å². The zero-order valence-corrected chi connectivity index (χ0v) is 13.9. The van der Waals surface area contributed by atoms with Crippen LogP contribution in [0.5, 0.6) is 0 Å². The molecule has 122 valence electrons. The summed E-state index contributed by atoms with van der Waals surface area (Å²) in [6, 6.07) is 5.36. The molecule has 1 amide bonds. The van der Waals surface area contributed by atoms with Gasteiger partial charge < -0.3 is 10.4 Å². The lowest BCUT2D eigenvalue weighted by Crippen LogP contribution is -2.28. The Labute approximate surface area is 139 Å². The van der Waals surface area contributed by atoms with Crippen LogP contribution in [0.3, 0.4) is 0 Å². The minimum Gasteiger partial charge on any atom is -0.384 e. The van der Waals surface area contributed by atoms with Gasteiger partial charge in [0.2, 0.25) is 5.91 Å². The first-order chi connectivity index (χ1) is 10.7. The van der Waals surface area contributed by atoms with E-state index in [0.717, 1.165) is 6.07 Å². The molecule has 1 aromatic heterocycles. The highest BCUT2D eigenvalue weighted by Crippen LogP contribution is 2.32. The Morgan fingerprint density at radius 2 is 2.00 bits per heavy atom. The third-order valence-electron chi connectivity index (χ3n) is 3.34. The number of aromatic nitrogens is 1. The first-order valence-corrected chi connectivity index (χ1v) is 7.46. The molecule has 2 rings (SSSR count). The molecule has 1 aromatic carbocycles. The normalized spacial score (nSPS) is 12.8. The summed E-state index contributed by atoms with van der Waals surface area (Å²) < 4.78 is 13.2. The van der Waals surface area contributed by atoms with E-state index in [4.69, 9.17) is 11.6 Å². The smallest absolute Gasteiger partial charge is 0.229 e. The minimum absolute atomic E-state index is 0.113. The van der Waals surface area contributed by atoms with Gasteiger partial charge in [-0.1, -0.05) is 38.4 Å². The number of pyridine rings is 1. The summed E-state index contributed by atoms with van der Waals surface area (Å²) in [7, 11) is 0. The van der Waals surface area contributed by atoms with Gasteiger partial charge in [-0.25, -0.2) is 4.39 Å². The summed E-state index contributed by atoms with van der Waals surface area (Å²) in [5.41, 5.74) is 0.586. The van der Waals surface area contributed by atoms with Crippen LogP contribution in [-0.2, 0) is 4.79 Å². The van der Waals surface area contributed by atoms with E-state index in [-0.39, 0.29) is 10.9 Å². The molecule has 23 heavy (non-hydrogen) atoms. The molecular formula is C17H18ClFN2O2. The molecular weight excluding hydrogens is 319 g/mol. The monoisotopic (exact) mass is 336 g/mol. The predicted octanol–water partition coefficient (Wildman–Crippen LogP) is 3.94. The second kappa shape index (κ2) is 6.64. The van der Waals surface area contributed by atoms with Gasteiger partial charge in [-0.05, 0) is 18.2 Å². The number of halogens is 2. The number of carbonyl (C=O) groups excluding carboxylic acids is 1. The molecule has 0 aliphatic carbocycles. The summed E-state index contributed by atoms with van der Waals surface area (Å²) in [5, 5.41) is 13.4. The Kier molecular flexibility index (Phi) is 5.02. The molecule has 0 aliphatic heterocycles. The van der Waals surface area contributed by atoms with Crippen LogP contribution in [0.4, 0.5) is 10.1 Å². The average molecular weight is 337 g/mol. The van der Waals surface area contributed by atoms with Crippen LogP contribution in [0.1, 0.15) is 38.0 Å². The van der Waals surface area contributed by atoms with E-state index in [1.165, 1.54) is 24.5 Å². The average Bonchev–Trinajstić information content (AvgIpc) is 2.46. The van der Waals surface area contributed by atoms with Gasteiger partial charge in [-0.2, -0.15) is 0 Å². The lowest BCUT2D eigenvalue weighted by Gasteiger charge is -2.21. The van der Waals surface area contributed by atoms with Gasteiger partial charge in [0.15, 0.2) is 0 Å². The number of nitrogens with one attached hydrogen (secondary N) is 1. The van der Waals surface area contributed by atoms with E-state index >= 15 is 0 Å². The van der Waals surface area contributed by atoms with E-state index in [1.54, 1.807) is 26.8 Å². The third kappa shape index (κ3) is 4.06. The first-order valence-electron chi connectivity index (χ1n) is 7.08. The summed E-state index contributed by atoms with van der Waals surface area (Å²) in [5.74, 6) is -0.689. The van der Waals surface area contributed by atoms with Crippen molar-refractivity contribution in [2.75, 3.05) is 5.32 Å². The zero-order chi connectivity index (χ0) is 17.2. The molecule has 2 aromatic rings. The zero-order valence-electron chi connectivity index (χ0n) is 13.1. The highest BCUT2D eigenvalue weighted by Gasteiger charge is 2.24. The van der Waals surface area contributed by atoms with E-state index in [1.807, 2.05) is 0 Å². The molecule has 2 N–H and O–H groups in total. The summed E-state index contributed by atoms with van der Waals surface area (Å²) in [4.78, 5) is 16.1. The maximum Gasteiger partial charge on any atom is 0.229 e. The lowest BCUT2D eigenvalue weighted by molar-refractivity contribution is -0.123. The Bertz CT molecular complexity index is 729. The number of rotatable bonds is 3. The molecule has 0 radical (unpaired) electrons. The number of nitrogens with zero attached hydrogens (tertiary/aromatic N) is 1. The Morgan fingerprint density at radius 3 is 2.61 bits per heavy atom. The number of anilines is 1. The van der Waals surface area contributed by atoms with Crippen molar-refractivity contribution in [3.63, 3.8) is 0 Å². The van der Waals surface area contributed by atoms with Crippen LogP contribution in [0, 0.1) is 11.2 Å². The van der Waals surface area contributed by atoms with E-state index in [0.29, 0.717) is 16.8 Å². The van der Waals surface area contributed by atoms with E-state index < -0.39 is 17.3 Å². The number of hydrogen-bond acceptors (Lipinski definition) is 3. The molecule has 4 nitrogen and oxygen atoms in total. The molecule has 0 saturated carbocycles. The van der Waals surface area contributed by atoms with Crippen molar-refractivity contribution in [1.82, 2.24) is 4.98 Å². The number of carbonyl (C=O) groups is 1. The van der Waals surface area contributed by atoms with Gasteiger partial charge in [0.05, 0.1) is 11.9 Å². The maximum absolute atomic E-state index is 13.2. The van der Waals surface area contributed by atoms with Crippen molar-refractivity contribution >= 4 is 23.2 Å². The van der Waals surface area contributed by atoms with Crippen molar-refractivity contribution < 1.29 is 14.3 Å². The standard InChI is InChI=1S/C17H18ClFN2O2/c1-17(2,3)16(23)21-14-9-20-7-6-12(14)15(22)11-5-4-10(19)8-13(11)18/h4-9,15,22H,1-3H3,(H,21,23). The summed E-state index contributed by atoms with van der Waals surface area (Å²) >= 11 is 6.00. The predicted molar refractivity (Wildman–Crippen MR) is 87.8 cm³/mol. The van der Waals surface area contributed by atoms with Crippen LogP contribution in [0.25, 0.3) is 0 Å². The maximum atomic E-state index is 13.2. The van der Waals surface area contributed by atoms with Crippen LogP contribution in [0.2, 0.25) is 5.02 Å². The van der Waals surface area contributed by atoms with Crippen LogP contribution >= 0.6 is 11.6 Å². The SMILES string of the molecule is CC(C)(C)C(=O)Nc1cnccc1C(O)c1ccc(F)cc1Cl. The summed E-state index contributed by atoms with van der Waals surface area (Å²) in [6.07, 6.45) is 1.85. The fraction of sp³-hybridized carbons (Fsp3) is 0.294. The fourth-order valence-electron chi connectivity index (χ4n) is 1.95. The van der Waals surface area contributed by atoms with Crippen molar-refractivity contribution in [3.8, 4) is 0 Å². The van der Waals surface area contributed by atoms with Crippen molar-refractivity contribution in [2.24, 2.45) is 5.41 Å². The molecule has 0 saturated heterocycles. The second-order valence-electron chi connectivity index (χ2n) is 6.24. The number of hydrogen-bond donors (Lipinski definition) is 2.